The molecule has 0 aliphatic rings. The summed E-state index contributed by atoms with van der Waals surface area (Å²) in [6, 6.07) is 0.211. The van der Waals surface area contributed by atoms with E-state index >= 15 is 0 Å². The Bertz CT molecular complexity index is 296. The van der Waals surface area contributed by atoms with Crippen LogP contribution in [0.15, 0.2) is 12.4 Å². The van der Waals surface area contributed by atoms with Gasteiger partial charge in [0.15, 0.2) is 0 Å². The number of nitrogens with zero attached hydrogens (tertiary/aromatic N) is 3. The molecule has 1 atom stereocenters. The molecule has 4 nitrogen and oxygen atoms in total. The van der Waals surface area contributed by atoms with Gasteiger partial charge in [0.1, 0.15) is 0 Å². The summed E-state index contributed by atoms with van der Waals surface area (Å²) in [4.78, 5) is 10.7. The van der Waals surface area contributed by atoms with Crippen molar-refractivity contribution in [3.63, 3.8) is 0 Å². The topological polar surface area (TPSA) is 55.0 Å². The SMILES string of the molecule is CCCN(C)c1ncc(CC(N)CC)cn1. The molecule has 4 heteroatoms. The normalized spacial score (nSPS) is 12.5. The monoisotopic (exact) mass is 222 g/mol. The van der Waals surface area contributed by atoms with Gasteiger partial charge in [-0.1, -0.05) is 13.8 Å². The van der Waals surface area contributed by atoms with Crippen molar-refractivity contribution in [1.82, 2.24) is 9.97 Å². The second kappa shape index (κ2) is 6.43. The van der Waals surface area contributed by atoms with Gasteiger partial charge in [-0.3, -0.25) is 0 Å². The van der Waals surface area contributed by atoms with Crippen LogP contribution in [0.1, 0.15) is 32.3 Å². The lowest BCUT2D eigenvalue weighted by Crippen LogP contribution is -2.23. The predicted octanol–water partition coefficient (Wildman–Crippen LogP) is 1.60. The Morgan fingerprint density at radius 2 is 1.94 bits per heavy atom. The number of anilines is 1. The summed E-state index contributed by atoms with van der Waals surface area (Å²) in [5.74, 6) is 0.788. The molecular weight excluding hydrogens is 200 g/mol. The number of aromatic nitrogens is 2. The van der Waals surface area contributed by atoms with E-state index in [1.165, 1.54) is 0 Å². The minimum absolute atomic E-state index is 0.211. The minimum Gasteiger partial charge on any atom is -0.344 e. The molecule has 0 saturated heterocycles. The molecule has 1 rings (SSSR count). The summed E-state index contributed by atoms with van der Waals surface area (Å²) in [7, 11) is 2.01. The van der Waals surface area contributed by atoms with Gasteiger partial charge in [-0.15, -0.1) is 0 Å². The molecule has 16 heavy (non-hydrogen) atoms. The smallest absolute Gasteiger partial charge is 0.224 e. The van der Waals surface area contributed by atoms with Crippen LogP contribution in [0, 0.1) is 0 Å². The van der Waals surface area contributed by atoms with Crippen LogP contribution in [0.2, 0.25) is 0 Å². The van der Waals surface area contributed by atoms with Crippen molar-refractivity contribution < 1.29 is 0 Å². The molecule has 1 aromatic heterocycles. The van der Waals surface area contributed by atoms with Gasteiger partial charge in [0.05, 0.1) is 0 Å². The Labute approximate surface area is 97.9 Å². The second-order valence-electron chi connectivity index (χ2n) is 4.19. The van der Waals surface area contributed by atoms with Crippen LogP contribution in [-0.4, -0.2) is 29.6 Å². The van der Waals surface area contributed by atoms with Crippen LogP contribution in [0.3, 0.4) is 0 Å². The summed E-state index contributed by atoms with van der Waals surface area (Å²) >= 11 is 0. The van der Waals surface area contributed by atoms with E-state index in [0.717, 1.165) is 37.3 Å². The van der Waals surface area contributed by atoms with E-state index in [1.54, 1.807) is 0 Å². The first-order chi connectivity index (χ1) is 7.67. The molecule has 0 fully saturated rings. The third-order valence-corrected chi connectivity index (χ3v) is 2.61. The highest BCUT2D eigenvalue weighted by Gasteiger charge is 2.05. The predicted molar refractivity (Wildman–Crippen MR) is 67.6 cm³/mol. The van der Waals surface area contributed by atoms with Gasteiger partial charge in [0, 0.05) is 32.0 Å². The summed E-state index contributed by atoms with van der Waals surface area (Å²) in [5.41, 5.74) is 7.00. The van der Waals surface area contributed by atoms with E-state index in [4.69, 9.17) is 5.73 Å². The largest absolute Gasteiger partial charge is 0.344 e. The zero-order valence-electron chi connectivity index (χ0n) is 10.5. The van der Waals surface area contributed by atoms with Gasteiger partial charge in [0.2, 0.25) is 5.95 Å². The highest BCUT2D eigenvalue weighted by atomic mass is 15.2. The molecule has 2 N–H and O–H groups in total. The fraction of sp³-hybridized carbons (Fsp3) is 0.667. The first kappa shape index (κ1) is 12.9. The first-order valence-electron chi connectivity index (χ1n) is 5.95. The summed E-state index contributed by atoms with van der Waals surface area (Å²) < 4.78 is 0. The van der Waals surface area contributed by atoms with Crippen LogP contribution in [0.25, 0.3) is 0 Å². The second-order valence-corrected chi connectivity index (χ2v) is 4.19. The number of hydrogen-bond donors (Lipinski definition) is 1. The van der Waals surface area contributed by atoms with E-state index in [2.05, 4.69) is 28.7 Å². The van der Waals surface area contributed by atoms with E-state index < -0.39 is 0 Å². The first-order valence-corrected chi connectivity index (χ1v) is 5.95. The van der Waals surface area contributed by atoms with Crippen molar-refractivity contribution in [2.75, 3.05) is 18.5 Å². The van der Waals surface area contributed by atoms with E-state index in [9.17, 15) is 0 Å². The number of nitrogens with two attached hydrogens (primary N) is 1. The zero-order valence-corrected chi connectivity index (χ0v) is 10.5. The summed E-state index contributed by atoms with van der Waals surface area (Å²) in [6.07, 6.45) is 6.70. The van der Waals surface area contributed by atoms with Crippen molar-refractivity contribution in [1.29, 1.82) is 0 Å². The molecule has 90 valence electrons. The van der Waals surface area contributed by atoms with Crippen LogP contribution in [-0.2, 0) is 6.42 Å². The van der Waals surface area contributed by atoms with Crippen molar-refractivity contribution in [2.45, 2.75) is 39.2 Å². The van der Waals surface area contributed by atoms with Crippen LogP contribution < -0.4 is 10.6 Å². The van der Waals surface area contributed by atoms with Gasteiger partial charge < -0.3 is 10.6 Å². The lowest BCUT2D eigenvalue weighted by atomic mass is 10.1. The van der Waals surface area contributed by atoms with Crippen LogP contribution >= 0.6 is 0 Å². The molecule has 1 heterocycles. The van der Waals surface area contributed by atoms with Crippen molar-refractivity contribution >= 4 is 5.95 Å². The Kier molecular flexibility index (Phi) is 5.19. The Morgan fingerprint density at radius 1 is 1.31 bits per heavy atom. The Hall–Kier alpha value is -1.16. The van der Waals surface area contributed by atoms with Crippen molar-refractivity contribution in [2.24, 2.45) is 5.73 Å². The molecular formula is C12H22N4. The summed E-state index contributed by atoms with van der Waals surface area (Å²) in [5, 5.41) is 0. The van der Waals surface area contributed by atoms with Crippen molar-refractivity contribution in [3.05, 3.63) is 18.0 Å². The highest BCUT2D eigenvalue weighted by Crippen LogP contribution is 2.07. The summed E-state index contributed by atoms with van der Waals surface area (Å²) in [6.45, 7) is 5.22. The molecule has 0 spiro atoms. The lowest BCUT2D eigenvalue weighted by Gasteiger charge is -2.16. The molecule has 0 aromatic carbocycles. The molecule has 0 aliphatic carbocycles. The maximum atomic E-state index is 5.88. The van der Waals surface area contributed by atoms with Gasteiger partial charge >= 0.3 is 0 Å². The van der Waals surface area contributed by atoms with E-state index in [-0.39, 0.29) is 6.04 Å². The minimum atomic E-state index is 0.211. The molecule has 0 bridgehead atoms. The maximum absolute atomic E-state index is 5.88. The van der Waals surface area contributed by atoms with Crippen molar-refractivity contribution in [3.8, 4) is 0 Å². The third-order valence-electron chi connectivity index (χ3n) is 2.61. The van der Waals surface area contributed by atoms with E-state index in [1.807, 2.05) is 19.4 Å². The average Bonchev–Trinajstić information content (AvgIpc) is 2.30. The van der Waals surface area contributed by atoms with Gasteiger partial charge in [-0.05, 0) is 24.8 Å². The molecule has 0 saturated carbocycles. The molecule has 0 radical (unpaired) electrons. The number of rotatable bonds is 6. The van der Waals surface area contributed by atoms with Gasteiger partial charge in [-0.2, -0.15) is 0 Å². The van der Waals surface area contributed by atoms with Gasteiger partial charge in [-0.25, -0.2) is 9.97 Å². The zero-order chi connectivity index (χ0) is 12.0. The lowest BCUT2D eigenvalue weighted by molar-refractivity contribution is 0.643. The quantitative estimate of drug-likeness (QED) is 0.794. The maximum Gasteiger partial charge on any atom is 0.224 e. The molecule has 1 aromatic rings. The molecule has 1 unspecified atom stereocenters. The number of hydrogen-bond acceptors (Lipinski definition) is 4. The standard InChI is InChI=1S/C12H22N4/c1-4-6-16(3)12-14-8-10(9-15-12)7-11(13)5-2/h8-9,11H,4-7,13H2,1-3H3. The highest BCUT2D eigenvalue weighted by molar-refractivity contribution is 5.28. The third kappa shape index (κ3) is 3.77. The molecule has 0 aliphatic heterocycles. The average molecular weight is 222 g/mol. The van der Waals surface area contributed by atoms with Crippen LogP contribution in [0.5, 0.6) is 0 Å². The van der Waals surface area contributed by atoms with E-state index in [0.29, 0.717) is 0 Å². The van der Waals surface area contributed by atoms with Gasteiger partial charge in [0.25, 0.3) is 0 Å². The fourth-order valence-electron chi connectivity index (χ4n) is 1.53. The Morgan fingerprint density at radius 3 is 2.44 bits per heavy atom. The molecule has 0 amide bonds. The van der Waals surface area contributed by atoms with Crippen LogP contribution in [0.4, 0.5) is 5.95 Å². The Balaban J connectivity index is 2.60. The fourth-order valence-corrected chi connectivity index (χ4v) is 1.53.